The number of hydrogen-bond donors (Lipinski definition) is 6. The van der Waals surface area contributed by atoms with Gasteiger partial charge in [0.15, 0.2) is 5.85 Å². The summed E-state index contributed by atoms with van der Waals surface area (Å²) in [5.74, 6) is -2.57. The van der Waals surface area contributed by atoms with E-state index in [-0.39, 0.29) is 30.0 Å². The molecule has 0 aromatic carbocycles. The average molecular weight is 335 g/mol. The minimum atomic E-state index is -4.85. The smallest absolute Gasteiger partial charge is 0.358 e. The quantitative estimate of drug-likeness (QED) is 0.205. The molecular weight excluding hydrogens is 317 g/mol. The molecular formula is C11H18N3O7P. The van der Waals surface area contributed by atoms with Gasteiger partial charge in [0.2, 0.25) is 0 Å². The van der Waals surface area contributed by atoms with E-state index in [1.165, 1.54) is 6.92 Å². The van der Waals surface area contributed by atoms with Crippen molar-refractivity contribution in [1.29, 1.82) is 0 Å². The van der Waals surface area contributed by atoms with Crippen LogP contribution in [0.2, 0.25) is 0 Å². The molecule has 0 radical (unpaired) electrons. The molecule has 0 bridgehead atoms. The molecule has 1 aromatic heterocycles. The number of aliphatic hydroxyl groups excluding tert-OH is 2. The molecule has 0 saturated heterocycles. The van der Waals surface area contributed by atoms with Gasteiger partial charge in [0.1, 0.15) is 18.5 Å². The van der Waals surface area contributed by atoms with E-state index in [1.54, 1.807) is 0 Å². The Labute approximate surface area is 126 Å². The molecule has 0 aliphatic heterocycles. The van der Waals surface area contributed by atoms with E-state index in [9.17, 15) is 19.9 Å². The molecule has 0 aliphatic rings. The highest BCUT2D eigenvalue weighted by atomic mass is 31.2. The first-order chi connectivity index (χ1) is 10.2. The van der Waals surface area contributed by atoms with Crippen molar-refractivity contribution in [2.75, 3.05) is 13.2 Å². The molecule has 1 aromatic rings. The monoisotopic (exact) mass is 335 g/mol. The van der Waals surface area contributed by atoms with Crippen molar-refractivity contribution in [1.82, 2.24) is 4.98 Å². The number of aromatic hydroxyl groups is 1. The van der Waals surface area contributed by atoms with Crippen LogP contribution in [-0.2, 0) is 9.40 Å². The second-order valence-electron chi connectivity index (χ2n) is 4.44. The fourth-order valence-corrected chi connectivity index (χ4v) is 2.01. The third kappa shape index (κ3) is 4.73. The Morgan fingerprint density at radius 1 is 1.50 bits per heavy atom. The lowest BCUT2D eigenvalue weighted by molar-refractivity contribution is 0.0456. The van der Waals surface area contributed by atoms with E-state index in [0.717, 1.165) is 12.4 Å². The lowest BCUT2D eigenvalue weighted by Gasteiger charge is -2.16. The highest BCUT2D eigenvalue weighted by Crippen LogP contribution is 2.51. The molecule has 0 aliphatic carbocycles. The van der Waals surface area contributed by atoms with Crippen molar-refractivity contribution < 1.29 is 34.5 Å². The van der Waals surface area contributed by atoms with E-state index in [4.69, 9.17) is 20.4 Å². The minimum Gasteiger partial charge on any atom is -0.505 e. The normalized spacial score (nSPS) is 15.0. The van der Waals surface area contributed by atoms with Gasteiger partial charge in [-0.3, -0.25) is 9.55 Å². The van der Waals surface area contributed by atoms with Crippen LogP contribution in [0.5, 0.6) is 5.75 Å². The van der Waals surface area contributed by atoms with E-state index < -0.39 is 25.3 Å². The zero-order chi connectivity index (χ0) is 16.9. The highest BCUT2D eigenvalue weighted by Gasteiger charge is 2.31. The highest BCUT2D eigenvalue weighted by molar-refractivity contribution is 7.51. The Morgan fingerprint density at radius 2 is 2.14 bits per heavy atom. The van der Waals surface area contributed by atoms with Gasteiger partial charge in [-0.1, -0.05) is 5.16 Å². The van der Waals surface area contributed by atoms with E-state index in [0.29, 0.717) is 0 Å². The van der Waals surface area contributed by atoms with Crippen LogP contribution in [0.4, 0.5) is 0 Å². The molecule has 11 heteroatoms. The standard InChI is InChI=1S/C11H18N3O7P/c1-6-10(16)8(4-14-21-5-7(15)2-12)9(3-13-6)11(17)22(18,19)20/h3-4,7,11,15-17H,2,5,12H2,1H3,(H2,18,19,20)/b14-4+. The third-order valence-electron chi connectivity index (χ3n) is 2.70. The second-order valence-corrected chi connectivity index (χ2v) is 6.11. The molecule has 0 amide bonds. The Kier molecular flexibility index (Phi) is 6.42. The summed E-state index contributed by atoms with van der Waals surface area (Å²) in [7, 11) is -4.85. The van der Waals surface area contributed by atoms with Gasteiger partial charge in [0.05, 0.1) is 11.9 Å². The fraction of sp³-hybridized carbons (Fsp3) is 0.455. The Hall–Kier alpha value is -1.55. The molecule has 2 unspecified atom stereocenters. The Bertz CT molecular complexity index is 589. The number of hydrogen-bond acceptors (Lipinski definition) is 8. The van der Waals surface area contributed by atoms with Crippen molar-refractivity contribution in [2.24, 2.45) is 10.9 Å². The topological polar surface area (TPSA) is 179 Å². The Morgan fingerprint density at radius 3 is 2.68 bits per heavy atom. The number of nitrogens with zero attached hydrogens (tertiary/aromatic N) is 2. The molecule has 7 N–H and O–H groups in total. The Balaban J connectivity index is 3.08. The molecule has 2 atom stereocenters. The first-order valence-electron chi connectivity index (χ1n) is 6.13. The summed E-state index contributed by atoms with van der Waals surface area (Å²) >= 11 is 0. The number of aromatic nitrogens is 1. The van der Waals surface area contributed by atoms with Gasteiger partial charge in [-0.2, -0.15) is 0 Å². The number of aryl methyl sites for hydroxylation is 1. The van der Waals surface area contributed by atoms with Crippen molar-refractivity contribution in [3.63, 3.8) is 0 Å². The van der Waals surface area contributed by atoms with E-state index >= 15 is 0 Å². The van der Waals surface area contributed by atoms with Gasteiger partial charge < -0.3 is 35.7 Å². The van der Waals surface area contributed by atoms with Crippen molar-refractivity contribution in [3.05, 3.63) is 23.0 Å². The summed E-state index contributed by atoms with van der Waals surface area (Å²) in [5, 5.41) is 32.2. The maximum atomic E-state index is 11.2. The van der Waals surface area contributed by atoms with Crippen molar-refractivity contribution >= 4 is 13.8 Å². The number of aliphatic hydroxyl groups is 2. The SMILES string of the molecule is Cc1ncc(C(O)P(=O)(O)O)c(/C=N/OCC(O)CN)c1O. The summed E-state index contributed by atoms with van der Waals surface area (Å²) < 4.78 is 11.2. The summed E-state index contributed by atoms with van der Waals surface area (Å²) in [6.07, 6.45) is 1.06. The first-order valence-corrected chi connectivity index (χ1v) is 7.81. The summed E-state index contributed by atoms with van der Waals surface area (Å²) in [6.45, 7) is 1.23. The fourth-order valence-electron chi connectivity index (χ4n) is 1.44. The zero-order valence-corrected chi connectivity index (χ0v) is 12.6. The summed E-state index contributed by atoms with van der Waals surface area (Å²) in [4.78, 5) is 26.5. The first kappa shape index (κ1) is 18.5. The van der Waals surface area contributed by atoms with Gasteiger partial charge in [0.25, 0.3) is 0 Å². The predicted octanol–water partition coefficient (Wildman–Crippen LogP) is -1.07. The summed E-state index contributed by atoms with van der Waals surface area (Å²) in [5.41, 5.74) is 4.89. The van der Waals surface area contributed by atoms with Crippen molar-refractivity contribution in [2.45, 2.75) is 18.9 Å². The molecule has 1 rings (SSSR count). The van der Waals surface area contributed by atoms with Crippen LogP contribution in [0, 0.1) is 6.92 Å². The lowest BCUT2D eigenvalue weighted by Crippen LogP contribution is -2.24. The molecule has 124 valence electrons. The third-order valence-corrected chi connectivity index (χ3v) is 3.61. The van der Waals surface area contributed by atoms with Crippen LogP contribution in [-0.4, -0.2) is 55.6 Å². The number of pyridine rings is 1. The van der Waals surface area contributed by atoms with Crippen LogP contribution in [0.15, 0.2) is 11.4 Å². The molecule has 0 spiro atoms. The van der Waals surface area contributed by atoms with Gasteiger partial charge in [-0.25, -0.2) is 0 Å². The van der Waals surface area contributed by atoms with Gasteiger partial charge in [-0.05, 0) is 6.92 Å². The van der Waals surface area contributed by atoms with Crippen LogP contribution in [0.3, 0.4) is 0 Å². The molecule has 0 fully saturated rings. The number of nitrogens with two attached hydrogens (primary N) is 1. The van der Waals surface area contributed by atoms with Crippen molar-refractivity contribution in [3.8, 4) is 5.75 Å². The molecule has 22 heavy (non-hydrogen) atoms. The number of oxime groups is 1. The zero-order valence-electron chi connectivity index (χ0n) is 11.7. The van der Waals surface area contributed by atoms with Crippen LogP contribution < -0.4 is 5.73 Å². The minimum absolute atomic E-state index is 0.0305. The molecule has 1 heterocycles. The lowest BCUT2D eigenvalue weighted by atomic mass is 10.1. The molecule has 10 nitrogen and oxygen atoms in total. The van der Waals surface area contributed by atoms with Gasteiger partial charge in [-0.15, -0.1) is 0 Å². The largest absolute Gasteiger partial charge is 0.505 e. The van der Waals surface area contributed by atoms with Gasteiger partial charge >= 0.3 is 7.60 Å². The predicted molar refractivity (Wildman–Crippen MR) is 76.2 cm³/mol. The van der Waals surface area contributed by atoms with Crippen LogP contribution in [0.25, 0.3) is 0 Å². The number of rotatable bonds is 7. The average Bonchev–Trinajstić information content (AvgIpc) is 2.45. The van der Waals surface area contributed by atoms with E-state index in [1.807, 2.05) is 0 Å². The van der Waals surface area contributed by atoms with Crippen LogP contribution >= 0.6 is 7.60 Å². The second kappa shape index (κ2) is 7.63. The maximum absolute atomic E-state index is 11.2. The molecule has 0 saturated carbocycles. The maximum Gasteiger partial charge on any atom is 0.358 e. The van der Waals surface area contributed by atoms with Gasteiger partial charge in [0, 0.05) is 23.9 Å². The van der Waals surface area contributed by atoms with Crippen LogP contribution in [0.1, 0.15) is 22.7 Å². The summed E-state index contributed by atoms with van der Waals surface area (Å²) in [6, 6.07) is 0. The van der Waals surface area contributed by atoms with E-state index in [2.05, 4.69) is 10.1 Å².